The molecule has 5 nitrogen and oxygen atoms in total. The first-order valence-electron chi connectivity index (χ1n) is 8.76. The lowest BCUT2D eigenvalue weighted by Gasteiger charge is -2.42. The van der Waals surface area contributed by atoms with Gasteiger partial charge in [-0.1, -0.05) is 33.1 Å². The van der Waals surface area contributed by atoms with E-state index in [0.29, 0.717) is 25.5 Å². The molecule has 2 rings (SSSR count). The number of piperazine rings is 1. The Morgan fingerprint density at radius 1 is 1.09 bits per heavy atom. The van der Waals surface area contributed by atoms with Crippen LogP contribution < -0.4 is 5.73 Å². The molecule has 1 saturated heterocycles. The van der Waals surface area contributed by atoms with Crippen LogP contribution in [0.15, 0.2) is 0 Å². The molecule has 0 aromatic rings. The van der Waals surface area contributed by atoms with Crippen molar-refractivity contribution in [1.82, 2.24) is 9.80 Å². The first-order valence-corrected chi connectivity index (χ1v) is 8.76. The SMILES string of the molecule is CC(C)[C@H](N)C(=O)N1CCN(C(=O)C2CCCCC2)[C@H](C)C1. The van der Waals surface area contributed by atoms with Crippen LogP contribution in [-0.4, -0.2) is 53.3 Å². The smallest absolute Gasteiger partial charge is 0.239 e. The molecule has 1 aliphatic carbocycles. The topological polar surface area (TPSA) is 66.6 Å². The van der Waals surface area contributed by atoms with Crippen molar-refractivity contribution in [2.24, 2.45) is 17.6 Å². The van der Waals surface area contributed by atoms with Crippen molar-refractivity contribution >= 4 is 11.8 Å². The fourth-order valence-electron chi connectivity index (χ4n) is 3.57. The van der Waals surface area contributed by atoms with E-state index >= 15 is 0 Å². The molecule has 1 saturated carbocycles. The summed E-state index contributed by atoms with van der Waals surface area (Å²) in [5.41, 5.74) is 5.98. The van der Waals surface area contributed by atoms with Crippen molar-refractivity contribution in [1.29, 1.82) is 0 Å². The molecular formula is C17H31N3O2. The van der Waals surface area contributed by atoms with Crippen LogP contribution in [0.5, 0.6) is 0 Å². The molecule has 5 heteroatoms. The standard InChI is InChI=1S/C17H31N3O2/c1-12(2)15(18)17(22)19-9-10-20(13(3)11-19)16(21)14-7-5-4-6-8-14/h12-15H,4-11,18H2,1-3H3/t13-,15+/m1/s1. The van der Waals surface area contributed by atoms with Crippen LogP contribution >= 0.6 is 0 Å². The summed E-state index contributed by atoms with van der Waals surface area (Å²) < 4.78 is 0. The van der Waals surface area contributed by atoms with Gasteiger partial charge >= 0.3 is 0 Å². The molecule has 0 aromatic heterocycles. The lowest BCUT2D eigenvalue weighted by atomic mass is 9.87. The summed E-state index contributed by atoms with van der Waals surface area (Å²) in [5.74, 6) is 0.667. The first kappa shape index (κ1) is 17.3. The van der Waals surface area contributed by atoms with Crippen LogP contribution in [0.1, 0.15) is 52.9 Å². The van der Waals surface area contributed by atoms with Crippen molar-refractivity contribution in [3.8, 4) is 0 Å². The maximum atomic E-state index is 12.7. The summed E-state index contributed by atoms with van der Waals surface area (Å²) in [5, 5.41) is 0. The molecule has 2 atom stereocenters. The van der Waals surface area contributed by atoms with Gasteiger partial charge in [0.15, 0.2) is 0 Å². The van der Waals surface area contributed by atoms with E-state index in [1.165, 1.54) is 19.3 Å². The minimum absolute atomic E-state index is 0.0200. The van der Waals surface area contributed by atoms with Gasteiger partial charge in [0.05, 0.1) is 6.04 Å². The lowest BCUT2D eigenvalue weighted by molar-refractivity contribution is -0.146. The van der Waals surface area contributed by atoms with E-state index in [1.807, 2.05) is 30.6 Å². The van der Waals surface area contributed by atoms with E-state index in [9.17, 15) is 9.59 Å². The Bertz CT molecular complexity index is 405. The third kappa shape index (κ3) is 3.80. The number of hydrogen-bond acceptors (Lipinski definition) is 3. The highest BCUT2D eigenvalue weighted by molar-refractivity contribution is 5.83. The predicted molar refractivity (Wildman–Crippen MR) is 87.1 cm³/mol. The molecule has 2 amide bonds. The highest BCUT2D eigenvalue weighted by Gasteiger charge is 2.35. The van der Waals surface area contributed by atoms with Crippen LogP contribution in [0.2, 0.25) is 0 Å². The van der Waals surface area contributed by atoms with Crippen LogP contribution in [0.25, 0.3) is 0 Å². The highest BCUT2D eigenvalue weighted by atomic mass is 16.2. The third-order valence-corrected chi connectivity index (χ3v) is 5.18. The van der Waals surface area contributed by atoms with E-state index in [1.54, 1.807) is 0 Å². The van der Waals surface area contributed by atoms with Gasteiger partial charge in [0, 0.05) is 31.6 Å². The summed E-state index contributed by atoms with van der Waals surface area (Å²) in [7, 11) is 0. The van der Waals surface area contributed by atoms with Gasteiger partial charge in [-0.25, -0.2) is 0 Å². The largest absolute Gasteiger partial charge is 0.338 e. The Labute approximate surface area is 134 Å². The van der Waals surface area contributed by atoms with Crippen molar-refractivity contribution in [2.75, 3.05) is 19.6 Å². The second-order valence-electron chi connectivity index (χ2n) is 7.27. The summed E-state index contributed by atoms with van der Waals surface area (Å²) in [6.07, 6.45) is 5.67. The van der Waals surface area contributed by atoms with Crippen LogP contribution in [0.4, 0.5) is 0 Å². The van der Waals surface area contributed by atoms with Crippen LogP contribution in [0, 0.1) is 11.8 Å². The summed E-state index contributed by atoms with van der Waals surface area (Å²) in [6, 6.07) is -0.348. The average molecular weight is 309 g/mol. The van der Waals surface area contributed by atoms with E-state index in [4.69, 9.17) is 5.73 Å². The zero-order valence-corrected chi connectivity index (χ0v) is 14.3. The van der Waals surface area contributed by atoms with Gasteiger partial charge in [-0.3, -0.25) is 9.59 Å². The number of nitrogens with two attached hydrogens (primary N) is 1. The molecule has 22 heavy (non-hydrogen) atoms. The molecule has 0 spiro atoms. The van der Waals surface area contributed by atoms with Gasteiger partial charge in [0.1, 0.15) is 0 Å². The molecular weight excluding hydrogens is 278 g/mol. The monoisotopic (exact) mass is 309 g/mol. The number of hydrogen-bond donors (Lipinski definition) is 1. The molecule has 0 unspecified atom stereocenters. The van der Waals surface area contributed by atoms with Gasteiger partial charge in [-0.15, -0.1) is 0 Å². The van der Waals surface area contributed by atoms with Gasteiger partial charge < -0.3 is 15.5 Å². The Hall–Kier alpha value is -1.10. The highest BCUT2D eigenvalue weighted by Crippen LogP contribution is 2.27. The van der Waals surface area contributed by atoms with Crippen molar-refractivity contribution in [3.05, 3.63) is 0 Å². The quantitative estimate of drug-likeness (QED) is 0.861. The fraction of sp³-hybridized carbons (Fsp3) is 0.882. The van der Waals surface area contributed by atoms with E-state index in [0.717, 1.165) is 12.8 Å². The first-order chi connectivity index (χ1) is 10.4. The third-order valence-electron chi connectivity index (χ3n) is 5.18. The molecule has 2 fully saturated rings. The minimum atomic E-state index is -0.437. The number of rotatable bonds is 3. The Kier molecular flexibility index (Phi) is 5.84. The van der Waals surface area contributed by atoms with E-state index in [-0.39, 0.29) is 23.8 Å². The fourth-order valence-corrected chi connectivity index (χ4v) is 3.57. The summed E-state index contributed by atoms with van der Waals surface area (Å²) >= 11 is 0. The zero-order valence-electron chi connectivity index (χ0n) is 14.3. The van der Waals surface area contributed by atoms with Crippen molar-refractivity contribution in [3.63, 3.8) is 0 Å². The summed E-state index contributed by atoms with van der Waals surface area (Å²) in [6.45, 7) is 7.84. The summed E-state index contributed by atoms with van der Waals surface area (Å²) in [4.78, 5) is 28.9. The Morgan fingerprint density at radius 2 is 1.73 bits per heavy atom. The molecule has 1 heterocycles. The van der Waals surface area contributed by atoms with E-state index < -0.39 is 6.04 Å². The maximum absolute atomic E-state index is 12.7. The molecule has 0 bridgehead atoms. The number of carbonyl (C=O) groups is 2. The Morgan fingerprint density at radius 3 is 2.27 bits per heavy atom. The molecule has 0 radical (unpaired) electrons. The molecule has 0 aromatic carbocycles. The van der Waals surface area contributed by atoms with Gasteiger partial charge in [-0.2, -0.15) is 0 Å². The van der Waals surface area contributed by atoms with Gasteiger partial charge in [-0.05, 0) is 25.7 Å². The molecule has 1 aliphatic heterocycles. The van der Waals surface area contributed by atoms with E-state index in [2.05, 4.69) is 0 Å². The van der Waals surface area contributed by atoms with Gasteiger partial charge in [0.25, 0.3) is 0 Å². The second-order valence-corrected chi connectivity index (χ2v) is 7.27. The number of amides is 2. The maximum Gasteiger partial charge on any atom is 0.239 e. The average Bonchev–Trinajstić information content (AvgIpc) is 2.53. The molecule has 2 aliphatic rings. The normalized spacial score (nSPS) is 25.4. The second kappa shape index (κ2) is 7.44. The zero-order chi connectivity index (χ0) is 16.3. The number of nitrogens with zero attached hydrogens (tertiary/aromatic N) is 2. The van der Waals surface area contributed by atoms with Gasteiger partial charge in [0.2, 0.25) is 11.8 Å². The Balaban J connectivity index is 1.92. The molecule has 2 N–H and O–H groups in total. The van der Waals surface area contributed by atoms with Crippen LogP contribution in [0.3, 0.4) is 0 Å². The number of carbonyl (C=O) groups excluding carboxylic acids is 2. The van der Waals surface area contributed by atoms with Crippen molar-refractivity contribution < 1.29 is 9.59 Å². The predicted octanol–water partition coefficient (Wildman–Crippen LogP) is 1.61. The lowest BCUT2D eigenvalue weighted by Crippen LogP contribution is -2.59. The van der Waals surface area contributed by atoms with Crippen molar-refractivity contribution in [2.45, 2.75) is 65.0 Å². The minimum Gasteiger partial charge on any atom is -0.338 e. The molecule has 126 valence electrons. The van der Waals surface area contributed by atoms with Crippen LogP contribution in [-0.2, 0) is 9.59 Å².